The average Bonchev–Trinajstić information content (AvgIpc) is 2.49. The summed E-state index contributed by atoms with van der Waals surface area (Å²) < 4.78 is 24.0. The first-order chi connectivity index (χ1) is 10.2. The van der Waals surface area contributed by atoms with Crippen molar-refractivity contribution in [1.29, 1.82) is 0 Å². The van der Waals surface area contributed by atoms with Crippen LogP contribution in [0.1, 0.15) is 6.42 Å². The summed E-state index contributed by atoms with van der Waals surface area (Å²) in [7, 11) is -1.77. The molecule has 0 heterocycles. The van der Waals surface area contributed by atoms with Gasteiger partial charge < -0.3 is 19.5 Å². The molecule has 110 valence electrons. The van der Waals surface area contributed by atoms with Crippen molar-refractivity contribution in [1.82, 2.24) is 0 Å². The number of hydrogen-bond acceptors (Lipinski definition) is 4. The van der Waals surface area contributed by atoms with Crippen LogP contribution in [-0.2, 0) is 0 Å². The molecule has 0 aliphatic rings. The van der Waals surface area contributed by atoms with Crippen molar-refractivity contribution in [3.8, 4) is 11.5 Å². The summed E-state index contributed by atoms with van der Waals surface area (Å²) in [6, 6.07) is 13.0. The molecule has 0 amide bonds. The summed E-state index contributed by atoms with van der Waals surface area (Å²) in [6.45, 7) is 0.806. The normalized spacial score (nSPS) is 10.2. The summed E-state index contributed by atoms with van der Waals surface area (Å²) in [5, 5.41) is 18.3. The fourth-order valence-corrected chi connectivity index (χ4v) is 1.80. The van der Waals surface area contributed by atoms with Crippen molar-refractivity contribution < 1.29 is 23.9 Å². The molecule has 0 fully saturated rings. The molecule has 0 spiro atoms. The van der Waals surface area contributed by atoms with Gasteiger partial charge in [-0.05, 0) is 30.3 Å². The van der Waals surface area contributed by atoms with Crippen LogP contribution in [0.15, 0.2) is 48.5 Å². The third kappa shape index (κ3) is 4.77. The maximum absolute atomic E-state index is 13.0. The van der Waals surface area contributed by atoms with E-state index in [0.717, 1.165) is 11.8 Å². The SMILES string of the molecule is OB(O)c1cc(F)ccc1OCCCOc1ccccc1. The lowest BCUT2D eigenvalue weighted by Crippen LogP contribution is -2.32. The predicted octanol–water partition coefficient (Wildman–Crippen LogP) is 1.35. The molecule has 2 aromatic rings. The van der Waals surface area contributed by atoms with E-state index in [-0.39, 0.29) is 11.2 Å². The number of rotatable bonds is 7. The second-order valence-electron chi connectivity index (χ2n) is 4.42. The smallest absolute Gasteiger partial charge is 0.492 e. The van der Waals surface area contributed by atoms with Crippen molar-refractivity contribution in [3.63, 3.8) is 0 Å². The van der Waals surface area contributed by atoms with Gasteiger partial charge >= 0.3 is 7.12 Å². The largest absolute Gasteiger partial charge is 0.494 e. The van der Waals surface area contributed by atoms with Gasteiger partial charge in [-0.25, -0.2) is 4.39 Å². The van der Waals surface area contributed by atoms with Gasteiger partial charge in [0.25, 0.3) is 0 Å². The third-order valence-corrected chi connectivity index (χ3v) is 2.81. The van der Waals surface area contributed by atoms with E-state index in [1.54, 1.807) is 0 Å². The quantitative estimate of drug-likeness (QED) is 0.597. The van der Waals surface area contributed by atoms with Gasteiger partial charge in [-0.15, -0.1) is 0 Å². The van der Waals surface area contributed by atoms with Crippen LogP contribution in [0.5, 0.6) is 11.5 Å². The Morgan fingerprint density at radius 2 is 1.67 bits per heavy atom. The lowest BCUT2D eigenvalue weighted by molar-refractivity contribution is 0.248. The lowest BCUT2D eigenvalue weighted by Gasteiger charge is -2.11. The Morgan fingerprint density at radius 3 is 2.38 bits per heavy atom. The number of benzene rings is 2. The number of para-hydroxylation sites is 1. The molecule has 21 heavy (non-hydrogen) atoms. The molecule has 2 rings (SSSR count). The van der Waals surface area contributed by atoms with Gasteiger partial charge in [0, 0.05) is 11.9 Å². The van der Waals surface area contributed by atoms with Crippen molar-refractivity contribution in [3.05, 3.63) is 54.3 Å². The maximum Gasteiger partial charge on any atom is 0.492 e. The van der Waals surface area contributed by atoms with Gasteiger partial charge in [-0.2, -0.15) is 0 Å². The second kappa shape index (κ2) is 7.66. The standard InChI is InChI=1S/C15H16BFO4/c17-12-7-8-15(14(11-12)16(18)19)21-10-4-9-20-13-5-2-1-3-6-13/h1-3,5-8,11,18-19H,4,9-10H2. The van der Waals surface area contributed by atoms with Crippen LogP contribution in [0.3, 0.4) is 0 Å². The minimum absolute atomic E-state index is 0.0129. The number of hydrogen-bond donors (Lipinski definition) is 2. The summed E-state index contributed by atoms with van der Waals surface area (Å²) in [5.74, 6) is 0.495. The van der Waals surface area contributed by atoms with E-state index in [1.165, 1.54) is 12.1 Å². The van der Waals surface area contributed by atoms with E-state index in [4.69, 9.17) is 19.5 Å². The molecule has 0 atom stereocenters. The summed E-state index contributed by atoms with van der Waals surface area (Å²) in [4.78, 5) is 0. The zero-order valence-electron chi connectivity index (χ0n) is 11.4. The van der Waals surface area contributed by atoms with E-state index in [2.05, 4.69) is 0 Å². The van der Waals surface area contributed by atoms with Crippen LogP contribution >= 0.6 is 0 Å². The average molecular weight is 290 g/mol. The molecule has 2 aromatic carbocycles. The fraction of sp³-hybridized carbons (Fsp3) is 0.200. The van der Waals surface area contributed by atoms with Crippen molar-refractivity contribution in [2.45, 2.75) is 6.42 Å². The minimum atomic E-state index is -1.77. The van der Waals surface area contributed by atoms with Crippen LogP contribution in [-0.4, -0.2) is 30.4 Å². The topological polar surface area (TPSA) is 58.9 Å². The molecule has 0 aliphatic heterocycles. The first-order valence-electron chi connectivity index (χ1n) is 6.63. The van der Waals surface area contributed by atoms with Crippen LogP contribution < -0.4 is 14.9 Å². The molecule has 0 aliphatic carbocycles. The molecule has 2 N–H and O–H groups in total. The highest BCUT2D eigenvalue weighted by molar-refractivity contribution is 6.59. The highest BCUT2D eigenvalue weighted by Gasteiger charge is 2.17. The molecule has 0 saturated carbocycles. The van der Waals surface area contributed by atoms with E-state index < -0.39 is 12.9 Å². The van der Waals surface area contributed by atoms with Gasteiger partial charge in [0.05, 0.1) is 13.2 Å². The Labute approximate surface area is 122 Å². The molecular weight excluding hydrogens is 274 g/mol. The number of ether oxygens (including phenoxy) is 2. The van der Waals surface area contributed by atoms with E-state index in [9.17, 15) is 4.39 Å². The first kappa shape index (κ1) is 15.3. The highest BCUT2D eigenvalue weighted by atomic mass is 19.1. The zero-order chi connectivity index (χ0) is 15.1. The van der Waals surface area contributed by atoms with Crippen LogP contribution in [0.25, 0.3) is 0 Å². The lowest BCUT2D eigenvalue weighted by atomic mass is 9.79. The third-order valence-electron chi connectivity index (χ3n) is 2.81. The molecule has 0 radical (unpaired) electrons. The Balaban J connectivity index is 1.78. The van der Waals surface area contributed by atoms with E-state index in [0.29, 0.717) is 19.6 Å². The highest BCUT2D eigenvalue weighted by Crippen LogP contribution is 2.11. The maximum atomic E-state index is 13.0. The van der Waals surface area contributed by atoms with Crippen molar-refractivity contribution >= 4 is 12.6 Å². The van der Waals surface area contributed by atoms with Gasteiger partial charge in [0.1, 0.15) is 17.3 Å². The van der Waals surface area contributed by atoms with Gasteiger partial charge in [-0.3, -0.25) is 0 Å². The van der Waals surface area contributed by atoms with Crippen LogP contribution in [0.4, 0.5) is 4.39 Å². The second-order valence-corrected chi connectivity index (χ2v) is 4.42. The minimum Gasteiger partial charge on any atom is -0.494 e. The number of halogens is 1. The van der Waals surface area contributed by atoms with Crippen LogP contribution in [0, 0.1) is 5.82 Å². The van der Waals surface area contributed by atoms with Gasteiger partial charge in [-0.1, -0.05) is 18.2 Å². The Morgan fingerprint density at radius 1 is 0.952 bits per heavy atom. The molecule has 0 unspecified atom stereocenters. The zero-order valence-corrected chi connectivity index (χ0v) is 11.4. The molecule has 4 nitrogen and oxygen atoms in total. The molecule has 0 aromatic heterocycles. The van der Waals surface area contributed by atoms with Gasteiger partial charge in [0.2, 0.25) is 0 Å². The first-order valence-corrected chi connectivity index (χ1v) is 6.63. The fourth-order valence-electron chi connectivity index (χ4n) is 1.80. The van der Waals surface area contributed by atoms with Crippen LogP contribution in [0.2, 0.25) is 0 Å². The predicted molar refractivity (Wildman–Crippen MR) is 78.3 cm³/mol. The van der Waals surface area contributed by atoms with Crippen molar-refractivity contribution in [2.24, 2.45) is 0 Å². The molecule has 0 saturated heterocycles. The van der Waals surface area contributed by atoms with E-state index in [1.807, 2.05) is 30.3 Å². The van der Waals surface area contributed by atoms with Gasteiger partial charge in [0.15, 0.2) is 0 Å². The Bertz CT molecular complexity index is 563. The Kier molecular flexibility index (Phi) is 5.60. The molecule has 0 bridgehead atoms. The molecular formula is C15H16BFO4. The monoisotopic (exact) mass is 290 g/mol. The van der Waals surface area contributed by atoms with Crippen molar-refractivity contribution in [2.75, 3.05) is 13.2 Å². The Hall–Kier alpha value is -2.05. The summed E-state index contributed by atoms with van der Waals surface area (Å²) in [6.07, 6.45) is 0.618. The van der Waals surface area contributed by atoms with E-state index >= 15 is 0 Å². The summed E-state index contributed by atoms with van der Waals surface area (Å²) >= 11 is 0. The molecule has 6 heteroatoms. The summed E-state index contributed by atoms with van der Waals surface area (Å²) in [5.41, 5.74) is 0.0129.